The number of hydrogen-bond donors (Lipinski definition) is 0. The molecule has 0 bridgehead atoms. The van der Waals surface area contributed by atoms with Crippen molar-refractivity contribution in [1.29, 1.82) is 0 Å². The Morgan fingerprint density at radius 2 is 2.31 bits per heavy atom. The fourth-order valence-electron chi connectivity index (χ4n) is 1.61. The molecule has 1 fully saturated rings. The van der Waals surface area contributed by atoms with E-state index in [1.54, 1.807) is 0 Å². The Hall–Kier alpha value is -0.0600. The molecule has 1 saturated heterocycles. The van der Waals surface area contributed by atoms with Gasteiger partial charge in [-0.2, -0.15) is 0 Å². The van der Waals surface area contributed by atoms with Gasteiger partial charge in [-0.05, 0) is 25.9 Å². The Kier molecular flexibility index (Phi) is 3.38. The highest BCUT2D eigenvalue weighted by atomic mass is 35.7. The Labute approximate surface area is 83.8 Å². The Bertz CT molecular complexity index is 299. The van der Waals surface area contributed by atoms with Crippen molar-refractivity contribution in [1.82, 2.24) is 4.90 Å². The highest BCUT2D eigenvalue weighted by molar-refractivity contribution is 8.13. The van der Waals surface area contributed by atoms with E-state index in [0.717, 1.165) is 25.1 Å². The Balaban J connectivity index is 2.50. The summed E-state index contributed by atoms with van der Waals surface area (Å²) in [5, 5.41) is 0. The first kappa shape index (κ1) is 11.0. The molecule has 1 heterocycles. The second-order valence-electron chi connectivity index (χ2n) is 3.59. The maximum atomic E-state index is 10.8. The van der Waals surface area contributed by atoms with Crippen LogP contribution in [0.2, 0.25) is 0 Å². The predicted molar refractivity (Wildman–Crippen MR) is 54.4 cm³/mol. The molecule has 5 heteroatoms. The second kappa shape index (κ2) is 3.98. The first-order chi connectivity index (χ1) is 5.88. The van der Waals surface area contributed by atoms with Gasteiger partial charge in [-0.25, -0.2) is 8.42 Å². The van der Waals surface area contributed by atoms with Crippen LogP contribution < -0.4 is 0 Å². The highest BCUT2D eigenvalue weighted by Gasteiger charge is 2.24. The van der Waals surface area contributed by atoms with Gasteiger partial charge in [0.05, 0.1) is 5.75 Å². The summed E-state index contributed by atoms with van der Waals surface area (Å²) >= 11 is 0. The minimum Gasteiger partial charge on any atom is -0.306 e. The van der Waals surface area contributed by atoms with Crippen molar-refractivity contribution >= 4 is 19.7 Å². The molecule has 0 aromatic carbocycles. The molecule has 0 N–H and O–H groups in total. The van der Waals surface area contributed by atoms with Crippen molar-refractivity contribution < 1.29 is 8.42 Å². The van der Waals surface area contributed by atoms with Crippen LogP contribution in [0, 0.1) is 5.92 Å². The Morgan fingerprint density at radius 1 is 1.69 bits per heavy atom. The van der Waals surface area contributed by atoms with Crippen LogP contribution in [0.25, 0.3) is 0 Å². The van der Waals surface area contributed by atoms with E-state index in [-0.39, 0.29) is 5.75 Å². The van der Waals surface area contributed by atoms with Gasteiger partial charge in [0.15, 0.2) is 0 Å². The lowest BCUT2D eigenvalue weighted by Gasteiger charge is -2.11. The van der Waals surface area contributed by atoms with E-state index in [4.69, 9.17) is 10.7 Å². The van der Waals surface area contributed by atoms with Gasteiger partial charge in [0.25, 0.3) is 0 Å². The van der Waals surface area contributed by atoms with Crippen LogP contribution in [0.1, 0.15) is 6.42 Å². The van der Waals surface area contributed by atoms with Crippen molar-refractivity contribution in [2.24, 2.45) is 5.92 Å². The van der Waals surface area contributed by atoms with E-state index in [1.807, 2.05) is 7.05 Å². The van der Waals surface area contributed by atoms with E-state index in [2.05, 4.69) is 11.5 Å². The van der Waals surface area contributed by atoms with Crippen LogP contribution in [-0.4, -0.2) is 39.2 Å². The zero-order valence-electron chi connectivity index (χ0n) is 7.66. The SMILES string of the molecule is C=C(CS(=O)(=O)Cl)C1CCN(C)C1. The molecule has 76 valence electrons. The normalized spacial score (nSPS) is 24.9. The van der Waals surface area contributed by atoms with Gasteiger partial charge in [0.1, 0.15) is 0 Å². The average Bonchev–Trinajstić information content (AvgIpc) is 2.31. The monoisotopic (exact) mass is 223 g/mol. The molecule has 1 aliphatic heterocycles. The fourth-order valence-corrected chi connectivity index (χ4v) is 2.71. The van der Waals surface area contributed by atoms with E-state index in [0.29, 0.717) is 5.92 Å². The number of rotatable bonds is 3. The number of halogens is 1. The first-order valence-electron chi connectivity index (χ1n) is 4.17. The molecule has 1 aliphatic rings. The number of hydrogen-bond acceptors (Lipinski definition) is 3. The van der Waals surface area contributed by atoms with Gasteiger partial charge in [0.2, 0.25) is 9.05 Å². The van der Waals surface area contributed by atoms with E-state index in [1.165, 1.54) is 0 Å². The standard InChI is InChI=1S/C8H14ClNO2S/c1-7(6-13(9,11)12)8-3-4-10(2)5-8/h8H,1,3-6H2,2H3. The van der Waals surface area contributed by atoms with Gasteiger partial charge < -0.3 is 4.90 Å². The van der Waals surface area contributed by atoms with Crippen molar-refractivity contribution in [2.75, 3.05) is 25.9 Å². The van der Waals surface area contributed by atoms with Crippen LogP contribution in [0.3, 0.4) is 0 Å². The zero-order valence-corrected chi connectivity index (χ0v) is 9.24. The molecule has 1 atom stereocenters. The minimum absolute atomic E-state index is 0.0902. The van der Waals surface area contributed by atoms with Crippen LogP contribution in [-0.2, 0) is 9.05 Å². The molecule has 0 aromatic rings. The lowest BCUT2D eigenvalue weighted by atomic mass is 10.0. The molecule has 1 rings (SSSR count). The molecule has 0 spiro atoms. The van der Waals surface area contributed by atoms with Gasteiger partial charge in [-0.3, -0.25) is 0 Å². The molecular weight excluding hydrogens is 210 g/mol. The van der Waals surface area contributed by atoms with E-state index < -0.39 is 9.05 Å². The highest BCUT2D eigenvalue weighted by Crippen LogP contribution is 2.23. The smallest absolute Gasteiger partial charge is 0.236 e. The third kappa shape index (κ3) is 3.67. The van der Waals surface area contributed by atoms with Crippen molar-refractivity contribution in [3.63, 3.8) is 0 Å². The lowest BCUT2D eigenvalue weighted by molar-refractivity contribution is 0.405. The topological polar surface area (TPSA) is 37.4 Å². The minimum atomic E-state index is -3.42. The summed E-state index contributed by atoms with van der Waals surface area (Å²) in [6, 6.07) is 0. The van der Waals surface area contributed by atoms with Crippen molar-refractivity contribution in [3.8, 4) is 0 Å². The fraction of sp³-hybridized carbons (Fsp3) is 0.750. The summed E-state index contributed by atoms with van der Waals surface area (Å²) < 4.78 is 21.5. The summed E-state index contributed by atoms with van der Waals surface area (Å²) in [6.45, 7) is 5.67. The van der Waals surface area contributed by atoms with Crippen molar-refractivity contribution in [2.45, 2.75) is 6.42 Å². The second-order valence-corrected chi connectivity index (χ2v) is 6.37. The van der Waals surface area contributed by atoms with Gasteiger partial charge >= 0.3 is 0 Å². The summed E-state index contributed by atoms with van der Waals surface area (Å²) in [4.78, 5) is 2.16. The number of likely N-dealkylation sites (tertiary alicyclic amines) is 1. The Morgan fingerprint density at radius 3 is 2.69 bits per heavy atom. The maximum absolute atomic E-state index is 10.8. The molecule has 0 amide bonds. The lowest BCUT2D eigenvalue weighted by Crippen LogP contribution is -2.16. The summed E-state index contributed by atoms with van der Waals surface area (Å²) in [5.41, 5.74) is 0.736. The third-order valence-electron chi connectivity index (χ3n) is 2.33. The van der Waals surface area contributed by atoms with Crippen LogP contribution in [0.5, 0.6) is 0 Å². The van der Waals surface area contributed by atoms with Crippen LogP contribution in [0.15, 0.2) is 12.2 Å². The quantitative estimate of drug-likeness (QED) is 0.531. The zero-order chi connectivity index (χ0) is 10.1. The van der Waals surface area contributed by atoms with Gasteiger partial charge in [-0.1, -0.05) is 12.2 Å². The summed E-state index contributed by atoms with van der Waals surface area (Å²) in [5.74, 6) is 0.200. The average molecular weight is 224 g/mol. The third-order valence-corrected chi connectivity index (χ3v) is 3.37. The molecule has 13 heavy (non-hydrogen) atoms. The summed E-state index contributed by atoms with van der Waals surface area (Å²) in [7, 11) is 3.73. The molecule has 0 aliphatic carbocycles. The van der Waals surface area contributed by atoms with Crippen molar-refractivity contribution in [3.05, 3.63) is 12.2 Å². The first-order valence-corrected chi connectivity index (χ1v) is 6.65. The van der Waals surface area contributed by atoms with E-state index >= 15 is 0 Å². The van der Waals surface area contributed by atoms with Crippen LogP contribution in [0.4, 0.5) is 0 Å². The van der Waals surface area contributed by atoms with Gasteiger partial charge in [0, 0.05) is 17.2 Å². The summed E-state index contributed by atoms with van der Waals surface area (Å²) in [6.07, 6.45) is 0.988. The largest absolute Gasteiger partial charge is 0.306 e. The molecule has 0 radical (unpaired) electrons. The number of nitrogens with zero attached hydrogens (tertiary/aromatic N) is 1. The molecule has 1 unspecified atom stereocenters. The molecule has 0 aromatic heterocycles. The van der Waals surface area contributed by atoms with E-state index in [9.17, 15) is 8.42 Å². The molecule has 3 nitrogen and oxygen atoms in total. The molecule has 0 saturated carbocycles. The van der Waals surface area contributed by atoms with Gasteiger partial charge in [-0.15, -0.1) is 0 Å². The maximum Gasteiger partial charge on any atom is 0.236 e. The van der Waals surface area contributed by atoms with Crippen LogP contribution >= 0.6 is 10.7 Å². The molecular formula is C8H14ClNO2S. The predicted octanol–water partition coefficient (Wildman–Crippen LogP) is 1.06.